The first-order chi connectivity index (χ1) is 14.5. The Morgan fingerprint density at radius 2 is 1.33 bits per heavy atom. The summed E-state index contributed by atoms with van der Waals surface area (Å²) >= 11 is 6.04. The second kappa shape index (κ2) is 8.56. The number of likely N-dealkylation sites (N-methyl/N-ethyl adjacent to an activating group) is 1. The lowest BCUT2D eigenvalue weighted by atomic mass is 10.0. The summed E-state index contributed by atoms with van der Waals surface area (Å²) in [6.45, 7) is 0.754. The van der Waals surface area contributed by atoms with Crippen LogP contribution >= 0.6 is 11.6 Å². The molecule has 0 unspecified atom stereocenters. The van der Waals surface area contributed by atoms with E-state index in [1.165, 1.54) is 4.90 Å². The van der Waals surface area contributed by atoms with E-state index in [1.807, 2.05) is 72.6 Å². The molecule has 0 N–H and O–H groups in total. The molecule has 150 valence electrons. The summed E-state index contributed by atoms with van der Waals surface area (Å²) in [6, 6.07) is 26.4. The van der Waals surface area contributed by atoms with E-state index in [9.17, 15) is 9.59 Å². The van der Waals surface area contributed by atoms with E-state index in [2.05, 4.69) is 0 Å². The van der Waals surface area contributed by atoms with Crippen molar-refractivity contribution in [3.05, 3.63) is 112 Å². The van der Waals surface area contributed by atoms with Crippen LogP contribution in [0.25, 0.3) is 5.57 Å². The van der Waals surface area contributed by atoms with E-state index in [-0.39, 0.29) is 18.4 Å². The molecule has 0 spiro atoms. The highest BCUT2D eigenvalue weighted by Gasteiger charge is 2.40. The summed E-state index contributed by atoms with van der Waals surface area (Å²) in [5, 5.41) is 0.580. The summed E-state index contributed by atoms with van der Waals surface area (Å²) < 4.78 is 0. The zero-order chi connectivity index (χ0) is 21.1. The molecule has 0 aromatic heterocycles. The fourth-order valence-corrected chi connectivity index (χ4v) is 3.77. The predicted molar refractivity (Wildman–Crippen MR) is 118 cm³/mol. The second-order valence-electron chi connectivity index (χ2n) is 7.25. The average molecular weight is 417 g/mol. The molecule has 5 heteroatoms. The van der Waals surface area contributed by atoms with Crippen molar-refractivity contribution < 1.29 is 9.59 Å². The fraction of sp³-hybridized carbons (Fsp3) is 0.120. The standard InChI is InChI=1S/C25H21ClN2O2/c1-27(16-18-8-4-2-5-9-18)23-22(20-12-14-21(26)15-13-20)24(29)28(25(23)30)17-19-10-6-3-7-11-19/h2-15H,16-17H2,1H3. The lowest BCUT2D eigenvalue weighted by Gasteiger charge is -2.21. The molecule has 0 atom stereocenters. The molecule has 2 amide bonds. The van der Waals surface area contributed by atoms with Crippen LogP contribution in [0, 0.1) is 0 Å². The lowest BCUT2D eigenvalue weighted by molar-refractivity contribution is -0.138. The van der Waals surface area contributed by atoms with Gasteiger partial charge in [-0.05, 0) is 28.8 Å². The van der Waals surface area contributed by atoms with Crippen molar-refractivity contribution in [3.8, 4) is 0 Å². The molecular formula is C25H21ClN2O2. The molecule has 0 bridgehead atoms. The minimum Gasteiger partial charge on any atom is -0.365 e. The van der Waals surface area contributed by atoms with Gasteiger partial charge in [0.15, 0.2) is 0 Å². The minimum absolute atomic E-state index is 0.234. The monoisotopic (exact) mass is 416 g/mol. The van der Waals surface area contributed by atoms with Gasteiger partial charge in [-0.3, -0.25) is 14.5 Å². The first kappa shape index (κ1) is 19.9. The summed E-state index contributed by atoms with van der Waals surface area (Å²) in [6.07, 6.45) is 0. The number of benzene rings is 3. The van der Waals surface area contributed by atoms with E-state index in [0.717, 1.165) is 11.1 Å². The highest BCUT2D eigenvalue weighted by atomic mass is 35.5. The van der Waals surface area contributed by atoms with Crippen molar-refractivity contribution in [1.82, 2.24) is 9.80 Å². The van der Waals surface area contributed by atoms with Gasteiger partial charge < -0.3 is 4.90 Å². The lowest BCUT2D eigenvalue weighted by Crippen LogP contribution is -2.33. The maximum absolute atomic E-state index is 13.4. The van der Waals surface area contributed by atoms with Crippen LogP contribution in [-0.4, -0.2) is 28.7 Å². The van der Waals surface area contributed by atoms with Gasteiger partial charge in [-0.1, -0.05) is 84.4 Å². The predicted octanol–water partition coefficient (Wildman–Crippen LogP) is 4.75. The number of nitrogens with zero attached hydrogens (tertiary/aromatic N) is 2. The van der Waals surface area contributed by atoms with Gasteiger partial charge in [-0.15, -0.1) is 0 Å². The van der Waals surface area contributed by atoms with Gasteiger partial charge in [0, 0.05) is 18.6 Å². The summed E-state index contributed by atoms with van der Waals surface area (Å²) in [4.78, 5) is 29.9. The quantitative estimate of drug-likeness (QED) is 0.544. The van der Waals surface area contributed by atoms with Crippen molar-refractivity contribution in [2.45, 2.75) is 13.1 Å². The van der Waals surface area contributed by atoms with E-state index in [1.54, 1.807) is 24.3 Å². The third-order valence-corrected chi connectivity index (χ3v) is 5.36. The van der Waals surface area contributed by atoms with Crippen molar-refractivity contribution in [3.63, 3.8) is 0 Å². The SMILES string of the molecule is CN(Cc1ccccc1)C1=C(c2ccc(Cl)cc2)C(=O)N(Cc2ccccc2)C1=O. The van der Waals surface area contributed by atoms with Gasteiger partial charge in [0.05, 0.1) is 12.1 Å². The molecule has 0 saturated heterocycles. The minimum atomic E-state index is -0.291. The average Bonchev–Trinajstić information content (AvgIpc) is 3.00. The second-order valence-corrected chi connectivity index (χ2v) is 7.69. The Morgan fingerprint density at radius 3 is 1.93 bits per heavy atom. The van der Waals surface area contributed by atoms with Gasteiger partial charge >= 0.3 is 0 Å². The highest BCUT2D eigenvalue weighted by molar-refractivity contribution is 6.35. The van der Waals surface area contributed by atoms with E-state index in [0.29, 0.717) is 28.4 Å². The maximum Gasteiger partial charge on any atom is 0.278 e. The first-order valence-electron chi connectivity index (χ1n) is 9.70. The van der Waals surface area contributed by atoms with Crippen molar-refractivity contribution in [1.29, 1.82) is 0 Å². The van der Waals surface area contributed by atoms with E-state index in [4.69, 9.17) is 11.6 Å². The Morgan fingerprint density at radius 1 is 0.767 bits per heavy atom. The molecule has 30 heavy (non-hydrogen) atoms. The maximum atomic E-state index is 13.4. The topological polar surface area (TPSA) is 40.6 Å². The fourth-order valence-electron chi connectivity index (χ4n) is 3.64. The van der Waals surface area contributed by atoms with Crippen LogP contribution in [0.4, 0.5) is 0 Å². The summed E-state index contributed by atoms with van der Waals surface area (Å²) in [5.41, 5.74) is 3.46. The van der Waals surface area contributed by atoms with E-state index >= 15 is 0 Å². The molecule has 1 aliphatic heterocycles. The van der Waals surface area contributed by atoms with Crippen molar-refractivity contribution >= 4 is 29.0 Å². The number of hydrogen-bond acceptors (Lipinski definition) is 3. The molecule has 0 fully saturated rings. The Bertz CT molecular complexity index is 1090. The van der Waals surface area contributed by atoms with Crippen molar-refractivity contribution in [2.24, 2.45) is 0 Å². The molecule has 4 nitrogen and oxygen atoms in total. The van der Waals surface area contributed by atoms with Gasteiger partial charge in [0.25, 0.3) is 11.8 Å². The molecule has 1 aliphatic rings. The van der Waals surface area contributed by atoms with Crippen LogP contribution in [0.3, 0.4) is 0 Å². The first-order valence-corrected chi connectivity index (χ1v) is 10.1. The third-order valence-electron chi connectivity index (χ3n) is 5.10. The molecule has 3 aromatic carbocycles. The van der Waals surface area contributed by atoms with Crippen molar-refractivity contribution in [2.75, 3.05) is 7.05 Å². The molecule has 0 aliphatic carbocycles. The molecule has 4 rings (SSSR count). The van der Waals surface area contributed by atoms with Crippen LogP contribution in [-0.2, 0) is 22.7 Å². The number of hydrogen-bond donors (Lipinski definition) is 0. The van der Waals surface area contributed by atoms with Gasteiger partial charge in [-0.25, -0.2) is 0 Å². The number of imide groups is 1. The molecule has 0 saturated carbocycles. The molecular weight excluding hydrogens is 396 g/mol. The van der Waals surface area contributed by atoms with Gasteiger partial charge in [-0.2, -0.15) is 0 Å². The number of amides is 2. The highest BCUT2D eigenvalue weighted by Crippen LogP contribution is 2.33. The third kappa shape index (κ3) is 4.00. The normalized spacial score (nSPS) is 13.9. The Hall–Kier alpha value is -3.37. The van der Waals surface area contributed by atoms with Crippen LogP contribution in [0.1, 0.15) is 16.7 Å². The Kier molecular flexibility index (Phi) is 5.68. The smallest absolute Gasteiger partial charge is 0.278 e. The zero-order valence-corrected chi connectivity index (χ0v) is 17.3. The summed E-state index contributed by atoms with van der Waals surface area (Å²) in [7, 11) is 1.84. The van der Waals surface area contributed by atoms with Gasteiger partial charge in [0.2, 0.25) is 0 Å². The Labute approximate surface area is 181 Å². The Balaban J connectivity index is 1.72. The summed E-state index contributed by atoms with van der Waals surface area (Å²) in [5.74, 6) is -0.576. The van der Waals surface area contributed by atoms with E-state index < -0.39 is 0 Å². The van der Waals surface area contributed by atoms with Crippen LogP contribution in [0.2, 0.25) is 5.02 Å². The van der Waals surface area contributed by atoms with Crippen LogP contribution < -0.4 is 0 Å². The molecule has 0 radical (unpaired) electrons. The van der Waals surface area contributed by atoms with Gasteiger partial charge in [0.1, 0.15) is 5.70 Å². The largest absolute Gasteiger partial charge is 0.365 e. The van der Waals surface area contributed by atoms with Crippen LogP contribution in [0.15, 0.2) is 90.6 Å². The molecule has 3 aromatic rings. The number of halogens is 1. The van der Waals surface area contributed by atoms with Crippen LogP contribution in [0.5, 0.6) is 0 Å². The zero-order valence-electron chi connectivity index (χ0n) is 16.6. The number of rotatable bonds is 6. The number of carbonyl (C=O) groups is 2. The molecule has 1 heterocycles. The number of carbonyl (C=O) groups excluding carboxylic acids is 2.